The lowest BCUT2D eigenvalue weighted by atomic mass is 9.95. The van der Waals surface area contributed by atoms with E-state index in [4.69, 9.17) is 0 Å². The van der Waals surface area contributed by atoms with E-state index < -0.39 is 0 Å². The first kappa shape index (κ1) is 17.0. The predicted octanol–water partition coefficient (Wildman–Crippen LogP) is 3.97. The second-order valence-corrected chi connectivity index (χ2v) is 7.53. The van der Waals surface area contributed by atoms with E-state index in [1.165, 1.54) is 19.3 Å². The van der Waals surface area contributed by atoms with E-state index in [0.29, 0.717) is 11.6 Å². The number of nitrogens with one attached hydrogen (secondary N) is 1. The summed E-state index contributed by atoms with van der Waals surface area (Å²) in [6, 6.07) is 12.2. The van der Waals surface area contributed by atoms with Gasteiger partial charge in [-0.2, -0.15) is 0 Å². The standard InChI is InChI=1S/C22H23N5O/c1-26-17-11-6-5-10-16(17)20-18(26)14-19(27(20)22-23-12-7-13-24-22)21(28)25-15-8-3-2-4-9-15/h5-7,10-15H,2-4,8-9H2,1H3,(H,25,28). The third kappa shape index (κ3) is 2.68. The van der Waals surface area contributed by atoms with Crippen molar-refractivity contribution < 1.29 is 4.79 Å². The maximum absolute atomic E-state index is 13.2. The van der Waals surface area contributed by atoms with Crippen LogP contribution in [0, 0.1) is 0 Å². The van der Waals surface area contributed by atoms with Crippen LogP contribution in [0.15, 0.2) is 48.8 Å². The fourth-order valence-electron chi connectivity index (χ4n) is 4.40. The molecule has 3 aromatic heterocycles. The van der Waals surface area contributed by atoms with Gasteiger partial charge in [0.1, 0.15) is 5.69 Å². The number of rotatable bonds is 3. The number of benzene rings is 1. The van der Waals surface area contributed by atoms with Gasteiger partial charge in [-0.15, -0.1) is 0 Å². The number of hydrogen-bond donors (Lipinski definition) is 1. The van der Waals surface area contributed by atoms with Crippen LogP contribution >= 0.6 is 0 Å². The minimum atomic E-state index is -0.0559. The van der Waals surface area contributed by atoms with Crippen LogP contribution in [0.5, 0.6) is 0 Å². The molecule has 3 heterocycles. The molecule has 1 N–H and O–H groups in total. The van der Waals surface area contributed by atoms with Gasteiger partial charge >= 0.3 is 0 Å². The molecule has 4 aromatic rings. The van der Waals surface area contributed by atoms with E-state index in [1.54, 1.807) is 18.5 Å². The second-order valence-electron chi connectivity index (χ2n) is 7.53. The molecule has 142 valence electrons. The largest absolute Gasteiger partial charge is 0.348 e. The lowest BCUT2D eigenvalue weighted by Gasteiger charge is -2.23. The molecule has 0 saturated heterocycles. The summed E-state index contributed by atoms with van der Waals surface area (Å²) in [6.45, 7) is 0. The van der Waals surface area contributed by atoms with Gasteiger partial charge in [-0.3, -0.25) is 9.36 Å². The fraction of sp³-hybridized carbons (Fsp3) is 0.318. The number of hydrogen-bond acceptors (Lipinski definition) is 3. The molecule has 6 heteroatoms. The van der Waals surface area contributed by atoms with Crippen LogP contribution in [0.4, 0.5) is 0 Å². The van der Waals surface area contributed by atoms with Gasteiger partial charge in [0, 0.05) is 30.9 Å². The Bertz CT molecular complexity index is 1150. The number of aromatic nitrogens is 4. The number of aryl methyl sites for hydroxylation is 1. The molecule has 6 nitrogen and oxygen atoms in total. The van der Waals surface area contributed by atoms with Gasteiger partial charge < -0.3 is 9.88 Å². The van der Waals surface area contributed by atoms with E-state index in [1.807, 2.05) is 29.8 Å². The van der Waals surface area contributed by atoms with Crippen LogP contribution in [0.2, 0.25) is 0 Å². The SMILES string of the molecule is Cn1c2ccccc2c2c1cc(C(=O)NC1CCCCC1)n2-c1ncccn1. The Kier molecular flexibility index (Phi) is 4.11. The van der Waals surface area contributed by atoms with E-state index in [0.717, 1.165) is 34.8 Å². The van der Waals surface area contributed by atoms with Crippen LogP contribution in [0.25, 0.3) is 27.9 Å². The van der Waals surface area contributed by atoms with Gasteiger partial charge in [-0.25, -0.2) is 9.97 Å². The van der Waals surface area contributed by atoms with Crippen LogP contribution in [-0.4, -0.2) is 31.1 Å². The molecule has 1 fully saturated rings. The van der Waals surface area contributed by atoms with E-state index >= 15 is 0 Å². The maximum Gasteiger partial charge on any atom is 0.268 e. The van der Waals surface area contributed by atoms with Gasteiger partial charge in [0.15, 0.2) is 0 Å². The molecular formula is C22H23N5O. The third-order valence-corrected chi connectivity index (χ3v) is 5.79. The molecule has 0 unspecified atom stereocenters. The fourth-order valence-corrected chi connectivity index (χ4v) is 4.40. The summed E-state index contributed by atoms with van der Waals surface area (Å²) in [6.07, 6.45) is 9.15. The number of nitrogens with zero attached hydrogens (tertiary/aromatic N) is 4. The highest BCUT2D eigenvalue weighted by atomic mass is 16.2. The lowest BCUT2D eigenvalue weighted by Crippen LogP contribution is -2.37. The normalized spacial score (nSPS) is 15.3. The Hall–Kier alpha value is -3.15. The Morgan fingerprint density at radius 1 is 1.04 bits per heavy atom. The zero-order valence-corrected chi connectivity index (χ0v) is 15.9. The molecule has 0 aliphatic heterocycles. The summed E-state index contributed by atoms with van der Waals surface area (Å²) in [5.41, 5.74) is 3.68. The number of para-hydroxylation sites is 1. The van der Waals surface area contributed by atoms with E-state index in [-0.39, 0.29) is 11.9 Å². The number of carbonyl (C=O) groups excluding carboxylic acids is 1. The summed E-state index contributed by atoms with van der Waals surface area (Å²) >= 11 is 0. The molecule has 0 radical (unpaired) electrons. The number of carbonyl (C=O) groups is 1. The molecule has 1 aromatic carbocycles. The highest BCUT2D eigenvalue weighted by molar-refractivity contribution is 6.10. The molecule has 0 atom stereocenters. The predicted molar refractivity (Wildman–Crippen MR) is 110 cm³/mol. The van der Waals surface area contributed by atoms with Crippen LogP contribution in [0.3, 0.4) is 0 Å². The van der Waals surface area contributed by atoms with Crippen molar-refractivity contribution in [2.75, 3.05) is 0 Å². The zero-order valence-electron chi connectivity index (χ0n) is 15.9. The molecule has 1 amide bonds. The molecule has 1 aliphatic rings. The Morgan fingerprint density at radius 2 is 1.79 bits per heavy atom. The Balaban J connectivity index is 1.70. The second kappa shape index (κ2) is 6.78. The van der Waals surface area contributed by atoms with E-state index in [2.05, 4.69) is 32.0 Å². The van der Waals surface area contributed by atoms with Crippen LogP contribution in [0.1, 0.15) is 42.6 Å². The molecule has 1 saturated carbocycles. The number of fused-ring (bicyclic) bond motifs is 3. The zero-order chi connectivity index (χ0) is 19.1. The minimum Gasteiger partial charge on any atom is -0.348 e. The average Bonchev–Trinajstić information content (AvgIpc) is 3.26. The summed E-state index contributed by atoms with van der Waals surface area (Å²) in [4.78, 5) is 22.1. The number of amides is 1. The Morgan fingerprint density at radius 3 is 2.57 bits per heavy atom. The van der Waals surface area contributed by atoms with Crippen LogP contribution in [-0.2, 0) is 7.05 Å². The smallest absolute Gasteiger partial charge is 0.268 e. The summed E-state index contributed by atoms with van der Waals surface area (Å²) < 4.78 is 4.03. The third-order valence-electron chi connectivity index (χ3n) is 5.79. The van der Waals surface area contributed by atoms with Gasteiger partial charge in [-0.05, 0) is 31.0 Å². The molecule has 0 bridgehead atoms. The van der Waals surface area contributed by atoms with Gasteiger partial charge in [0.2, 0.25) is 5.95 Å². The van der Waals surface area contributed by atoms with Crippen molar-refractivity contribution in [3.05, 3.63) is 54.5 Å². The first-order valence-corrected chi connectivity index (χ1v) is 9.91. The van der Waals surface area contributed by atoms with Crippen molar-refractivity contribution in [3.63, 3.8) is 0 Å². The molecule has 28 heavy (non-hydrogen) atoms. The van der Waals surface area contributed by atoms with Crippen molar-refractivity contribution in [2.24, 2.45) is 7.05 Å². The van der Waals surface area contributed by atoms with Crippen LogP contribution < -0.4 is 5.32 Å². The van der Waals surface area contributed by atoms with Gasteiger partial charge in [-0.1, -0.05) is 37.5 Å². The Labute approximate surface area is 163 Å². The van der Waals surface area contributed by atoms with Gasteiger partial charge in [0.05, 0.1) is 16.6 Å². The molecule has 1 aliphatic carbocycles. The minimum absolute atomic E-state index is 0.0559. The first-order chi connectivity index (χ1) is 13.7. The van der Waals surface area contributed by atoms with Crippen molar-refractivity contribution in [1.29, 1.82) is 0 Å². The van der Waals surface area contributed by atoms with E-state index in [9.17, 15) is 4.79 Å². The van der Waals surface area contributed by atoms with Crippen molar-refractivity contribution in [1.82, 2.24) is 24.4 Å². The molecular weight excluding hydrogens is 350 g/mol. The highest BCUT2D eigenvalue weighted by Crippen LogP contribution is 2.32. The molecule has 0 spiro atoms. The summed E-state index contributed by atoms with van der Waals surface area (Å²) in [7, 11) is 2.03. The maximum atomic E-state index is 13.2. The average molecular weight is 373 g/mol. The van der Waals surface area contributed by atoms with Crippen molar-refractivity contribution in [2.45, 2.75) is 38.1 Å². The summed E-state index contributed by atoms with van der Waals surface area (Å²) in [5, 5.41) is 4.33. The summed E-state index contributed by atoms with van der Waals surface area (Å²) in [5.74, 6) is 0.460. The van der Waals surface area contributed by atoms with Gasteiger partial charge in [0.25, 0.3) is 5.91 Å². The lowest BCUT2D eigenvalue weighted by molar-refractivity contribution is 0.0921. The van der Waals surface area contributed by atoms with Crippen molar-refractivity contribution in [3.8, 4) is 5.95 Å². The topological polar surface area (TPSA) is 64.7 Å². The quantitative estimate of drug-likeness (QED) is 0.591. The highest BCUT2D eigenvalue weighted by Gasteiger charge is 2.25. The first-order valence-electron chi connectivity index (χ1n) is 9.91. The van der Waals surface area contributed by atoms with Crippen molar-refractivity contribution >= 4 is 27.8 Å². The monoisotopic (exact) mass is 373 g/mol. The molecule has 5 rings (SSSR count).